The molecule has 0 saturated carbocycles. The molecular weight excluding hydrogens is 223 g/mol. The van der Waals surface area contributed by atoms with E-state index in [1.807, 2.05) is 0 Å². The van der Waals surface area contributed by atoms with Gasteiger partial charge in [-0.25, -0.2) is 9.18 Å². The number of carbonyl (C=O) groups is 1. The molecular formula is C12H17FN2O2. The summed E-state index contributed by atoms with van der Waals surface area (Å²) in [5.74, 6) is -0.228. The maximum absolute atomic E-state index is 12.6. The van der Waals surface area contributed by atoms with Crippen LogP contribution < -0.4 is 10.6 Å². The van der Waals surface area contributed by atoms with Crippen molar-refractivity contribution in [1.29, 1.82) is 0 Å². The lowest BCUT2D eigenvalue weighted by molar-refractivity contribution is 0.194. The van der Waals surface area contributed by atoms with Gasteiger partial charge in [0.2, 0.25) is 0 Å². The SMILES string of the molecule is O=C(O)NCCCCNCc1ccc(F)cc1. The van der Waals surface area contributed by atoms with Crippen molar-refractivity contribution in [3.05, 3.63) is 35.6 Å². The van der Waals surface area contributed by atoms with E-state index in [1.54, 1.807) is 12.1 Å². The molecule has 1 aromatic carbocycles. The van der Waals surface area contributed by atoms with E-state index < -0.39 is 6.09 Å². The number of nitrogens with one attached hydrogen (secondary N) is 2. The summed E-state index contributed by atoms with van der Waals surface area (Å²) in [7, 11) is 0. The molecule has 94 valence electrons. The Morgan fingerprint density at radius 2 is 1.82 bits per heavy atom. The predicted octanol–water partition coefficient (Wildman–Crippen LogP) is 1.96. The second kappa shape index (κ2) is 7.62. The van der Waals surface area contributed by atoms with Gasteiger partial charge in [0.1, 0.15) is 5.82 Å². The van der Waals surface area contributed by atoms with Crippen molar-refractivity contribution in [2.45, 2.75) is 19.4 Å². The highest BCUT2D eigenvalue weighted by atomic mass is 19.1. The predicted molar refractivity (Wildman–Crippen MR) is 63.4 cm³/mol. The third-order valence-electron chi connectivity index (χ3n) is 2.30. The molecule has 0 aliphatic rings. The van der Waals surface area contributed by atoms with Crippen LogP contribution in [-0.4, -0.2) is 24.3 Å². The zero-order chi connectivity index (χ0) is 12.5. The van der Waals surface area contributed by atoms with Crippen LogP contribution in [0, 0.1) is 5.82 Å². The van der Waals surface area contributed by atoms with Gasteiger partial charge in [-0.1, -0.05) is 12.1 Å². The van der Waals surface area contributed by atoms with Gasteiger partial charge in [-0.15, -0.1) is 0 Å². The fourth-order valence-electron chi connectivity index (χ4n) is 1.41. The van der Waals surface area contributed by atoms with E-state index in [4.69, 9.17) is 5.11 Å². The maximum Gasteiger partial charge on any atom is 0.404 e. The smallest absolute Gasteiger partial charge is 0.404 e. The molecule has 0 aliphatic heterocycles. The largest absolute Gasteiger partial charge is 0.465 e. The van der Waals surface area contributed by atoms with Gasteiger partial charge in [0.15, 0.2) is 0 Å². The van der Waals surface area contributed by atoms with Crippen LogP contribution in [0.5, 0.6) is 0 Å². The van der Waals surface area contributed by atoms with Gasteiger partial charge >= 0.3 is 6.09 Å². The van der Waals surface area contributed by atoms with Crippen molar-refractivity contribution in [2.75, 3.05) is 13.1 Å². The summed E-state index contributed by atoms with van der Waals surface area (Å²) in [6.07, 6.45) is 0.730. The monoisotopic (exact) mass is 240 g/mol. The van der Waals surface area contributed by atoms with E-state index in [2.05, 4.69) is 10.6 Å². The fourth-order valence-corrected chi connectivity index (χ4v) is 1.41. The van der Waals surface area contributed by atoms with Crippen LogP contribution in [-0.2, 0) is 6.54 Å². The molecule has 0 fully saturated rings. The third kappa shape index (κ3) is 6.52. The van der Waals surface area contributed by atoms with Crippen molar-refractivity contribution in [1.82, 2.24) is 10.6 Å². The number of hydrogen-bond donors (Lipinski definition) is 3. The third-order valence-corrected chi connectivity index (χ3v) is 2.30. The molecule has 0 heterocycles. The number of rotatable bonds is 7. The first-order valence-electron chi connectivity index (χ1n) is 5.60. The van der Waals surface area contributed by atoms with Crippen LogP contribution in [0.3, 0.4) is 0 Å². The topological polar surface area (TPSA) is 61.4 Å². The minimum Gasteiger partial charge on any atom is -0.465 e. The van der Waals surface area contributed by atoms with E-state index in [0.29, 0.717) is 13.1 Å². The first kappa shape index (κ1) is 13.4. The Balaban J connectivity index is 2.01. The average molecular weight is 240 g/mol. The van der Waals surface area contributed by atoms with Gasteiger partial charge in [0.05, 0.1) is 0 Å². The minimum atomic E-state index is -0.982. The molecule has 1 aromatic rings. The summed E-state index contributed by atoms with van der Waals surface area (Å²) in [6.45, 7) is 2.00. The van der Waals surface area contributed by atoms with Crippen molar-refractivity contribution in [3.8, 4) is 0 Å². The molecule has 17 heavy (non-hydrogen) atoms. The average Bonchev–Trinajstić information content (AvgIpc) is 2.30. The van der Waals surface area contributed by atoms with Gasteiger partial charge in [-0.3, -0.25) is 0 Å². The molecule has 0 aliphatic carbocycles. The number of amides is 1. The molecule has 4 nitrogen and oxygen atoms in total. The second-order valence-electron chi connectivity index (χ2n) is 3.74. The summed E-state index contributed by atoms with van der Waals surface area (Å²) in [4.78, 5) is 10.1. The standard InChI is InChI=1S/C12H17FN2O2/c13-11-5-3-10(4-6-11)9-14-7-1-2-8-15-12(16)17/h3-6,14-15H,1-2,7-9H2,(H,16,17). The highest BCUT2D eigenvalue weighted by Crippen LogP contribution is 2.01. The van der Waals surface area contributed by atoms with E-state index >= 15 is 0 Å². The fraction of sp³-hybridized carbons (Fsp3) is 0.417. The van der Waals surface area contributed by atoms with E-state index in [9.17, 15) is 9.18 Å². The summed E-state index contributed by atoms with van der Waals surface area (Å²) in [5, 5.41) is 13.8. The van der Waals surface area contributed by atoms with Gasteiger partial charge < -0.3 is 15.7 Å². The van der Waals surface area contributed by atoms with Crippen molar-refractivity contribution >= 4 is 6.09 Å². The van der Waals surface area contributed by atoms with E-state index in [-0.39, 0.29) is 5.82 Å². The van der Waals surface area contributed by atoms with Gasteiger partial charge in [0, 0.05) is 13.1 Å². The Kier molecular flexibility index (Phi) is 6.03. The lowest BCUT2D eigenvalue weighted by Gasteiger charge is -2.05. The molecule has 0 bridgehead atoms. The second-order valence-corrected chi connectivity index (χ2v) is 3.74. The number of benzene rings is 1. The number of unbranched alkanes of at least 4 members (excludes halogenated alkanes) is 1. The molecule has 1 rings (SSSR count). The molecule has 0 atom stereocenters. The quantitative estimate of drug-likeness (QED) is 0.638. The summed E-state index contributed by atoms with van der Waals surface area (Å²) in [6, 6.07) is 6.37. The molecule has 1 amide bonds. The van der Waals surface area contributed by atoms with Gasteiger partial charge in [-0.05, 0) is 37.1 Å². The zero-order valence-corrected chi connectivity index (χ0v) is 9.58. The Morgan fingerprint density at radius 1 is 1.18 bits per heavy atom. The Bertz CT molecular complexity index is 341. The lowest BCUT2D eigenvalue weighted by Crippen LogP contribution is -2.23. The Hall–Kier alpha value is -1.62. The van der Waals surface area contributed by atoms with Crippen LogP contribution in [0.25, 0.3) is 0 Å². The molecule has 0 radical (unpaired) electrons. The highest BCUT2D eigenvalue weighted by molar-refractivity contribution is 5.64. The molecule has 0 spiro atoms. The Morgan fingerprint density at radius 3 is 2.47 bits per heavy atom. The van der Waals surface area contributed by atoms with Crippen LogP contribution in [0.15, 0.2) is 24.3 Å². The summed E-state index contributed by atoms with van der Waals surface area (Å²) >= 11 is 0. The van der Waals surface area contributed by atoms with E-state index in [0.717, 1.165) is 24.9 Å². The summed E-state index contributed by atoms with van der Waals surface area (Å²) in [5.41, 5.74) is 1.04. The first-order valence-corrected chi connectivity index (χ1v) is 5.60. The van der Waals surface area contributed by atoms with E-state index in [1.165, 1.54) is 12.1 Å². The van der Waals surface area contributed by atoms with Crippen LogP contribution >= 0.6 is 0 Å². The first-order chi connectivity index (χ1) is 8.18. The van der Waals surface area contributed by atoms with Crippen LogP contribution in [0.1, 0.15) is 18.4 Å². The summed E-state index contributed by atoms with van der Waals surface area (Å²) < 4.78 is 12.6. The number of hydrogen-bond acceptors (Lipinski definition) is 2. The van der Waals surface area contributed by atoms with Gasteiger partial charge in [-0.2, -0.15) is 0 Å². The number of halogens is 1. The number of carboxylic acid groups (broad SMARTS) is 1. The zero-order valence-electron chi connectivity index (χ0n) is 9.58. The lowest BCUT2D eigenvalue weighted by atomic mass is 10.2. The molecule has 0 saturated heterocycles. The maximum atomic E-state index is 12.6. The van der Waals surface area contributed by atoms with Crippen LogP contribution in [0.4, 0.5) is 9.18 Å². The van der Waals surface area contributed by atoms with Crippen molar-refractivity contribution in [3.63, 3.8) is 0 Å². The molecule has 0 unspecified atom stereocenters. The highest BCUT2D eigenvalue weighted by Gasteiger charge is 1.95. The van der Waals surface area contributed by atoms with Crippen LogP contribution in [0.2, 0.25) is 0 Å². The molecule has 0 aromatic heterocycles. The van der Waals surface area contributed by atoms with Crippen molar-refractivity contribution in [2.24, 2.45) is 0 Å². The Labute approximate surface area is 99.8 Å². The minimum absolute atomic E-state index is 0.228. The van der Waals surface area contributed by atoms with Gasteiger partial charge in [0.25, 0.3) is 0 Å². The normalized spacial score (nSPS) is 10.2. The van der Waals surface area contributed by atoms with Crippen molar-refractivity contribution < 1.29 is 14.3 Å². The molecule has 5 heteroatoms. The molecule has 3 N–H and O–H groups in total.